The number of carbonyl (C=O) groups is 1. The lowest BCUT2D eigenvalue weighted by molar-refractivity contribution is 0.0593. The number of rotatable bonds is 3. The second kappa shape index (κ2) is 3.49. The molecule has 0 amide bonds. The zero-order valence-corrected chi connectivity index (χ0v) is 8.78. The number of aromatic nitrogens is 2. The number of nitrogens with zero attached hydrogens (tertiary/aromatic N) is 2. The molecular weight excluding hydrogens is 194 g/mol. The minimum Gasteiger partial charge on any atom is -0.464 e. The van der Waals surface area contributed by atoms with Gasteiger partial charge in [0.2, 0.25) is 0 Å². The van der Waals surface area contributed by atoms with Gasteiger partial charge < -0.3 is 10.1 Å². The quantitative estimate of drug-likeness (QED) is 0.755. The molecule has 1 fully saturated rings. The molecule has 5 nitrogen and oxygen atoms in total. The van der Waals surface area contributed by atoms with Crippen molar-refractivity contribution in [2.24, 2.45) is 0 Å². The summed E-state index contributed by atoms with van der Waals surface area (Å²) in [5.41, 5.74) is 0.394. The first-order chi connectivity index (χ1) is 7.13. The van der Waals surface area contributed by atoms with Gasteiger partial charge in [0.1, 0.15) is 5.82 Å². The van der Waals surface area contributed by atoms with Crippen molar-refractivity contribution in [1.82, 2.24) is 9.97 Å². The van der Waals surface area contributed by atoms with Crippen molar-refractivity contribution in [3.63, 3.8) is 0 Å². The molecular formula is C10H13N3O2. The third-order valence-corrected chi connectivity index (χ3v) is 2.48. The molecule has 1 aromatic heterocycles. The lowest BCUT2D eigenvalue weighted by Crippen LogP contribution is -2.17. The van der Waals surface area contributed by atoms with Crippen molar-refractivity contribution in [2.75, 3.05) is 12.4 Å². The highest BCUT2D eigenvalue weighted by Crippen LogP contribution is 2.37. The van der Waals surface area contributed by atoms with Gasteiger partial charge in [0, 0.05) is 5.54 Å². The standard InChI is InChI=1S/C10H13N3O2/c1-10(3-4-10)13-8-6-11-7(5-12-8)9(14)15-2/h5-6H,3-4H2,1-2H3,(H,12,13). The Morgan fingerprint density at radius 3 is 2.67 bits per heavy atom. The maximum Gasteiger partial charge on any atom is 0.358 e. The molecule has 0 aliphatic heterocycles. The normalized spacial score (nSPS) is 16.9. The van der Waals surface area contributed by atoms with E-state index in [9.17, 15) is 4.79 Å². The van der Waals surface area contributed by atoms with Crippen molar-refractivity contribution >= 4 is 11.8 Å². The summed E-state index contributed by atoms with van der Waals surface area (Å²) in [5.74, 6) is 0.231. The average Bonchev–Trinajstić information content (AvgIpc) is 2.96. The average molecular weight is 207 g/mol. The van der Waals surface area contributed by atoms with Crippen LogP contribution >= 0.6 is 0 Å². The van der Waals surface area contributed by atoms with Gasteiger partial charge >= 0.3 is 5.97 Å². The van der Waals surface area contributed by atoms with Gasteiger partial charge in [0.15, 0.2) is 5.69 Å². The van der Waals surface area contributed by atoms with E-state index in [0.29, 0.717) is 5.82 Å². The van der Waals surface area contributed by atoms with Gasteiger partial charge in [0.25, 0.3) is 0 Å². The molecule has 0 unspecified atom stereocenters. The Labute approximate surface area is 87.9 Å². The van der Waals surface area contributed by atoms with E-state index in [1.54, 1.807) is 6.20 Å². The van der Waals surface area contributed by atoms with Crippen LogP contribution in [0.2, 0.25) is 0 Å². The number of esters is 1. The fourth-order valence-electron chi connectivity index (χ4n) is 1.22. The Hall–Kier alpha value is -1.65. The molecule has 0 bridgehead atoms. The van der Waals surface area contributed by atoms with Crippen molar-refractivity contribution in [2.45, 2.75) is 25.3 Å². The van der Waals surface area contributed by atoms with E-state index in [0.717, 1.165) is 12.8 Å². The number of nitrogens with one attached hydrogen (secondary N) is 1. The van der Waals surface area contributed by atoms with Crippen molar-refractivity contribution in [1.29, 1.82) is 0 Å². The molecule has 1 aliphatic rings. The maximum atomic E-state index is 11.1. The van der Waals surface area contributed by atoms with E-state index < -0.39 is 5.97 Å². The Balaban J connectivity index is 2.06. The van der Waals surface area contributed by atoms with Crippen LogP contribution in [0.3, 0.4) is 0 Å². The van der Waals surface area contributed by atoms with Crippen LogP contribution in [0.4, 0.5) is 5.82 Å². The lowest BCUT2D eigenvalue weighted by atomic mass is 10.3. The third kappa shape index (κ3) is 2.23. The summed E-state index contributed by atoms with van der Waals surface area (Å²) in [5, 5.41) is 3.25. The van der Waals surface area contributed by atoms with Gasteiger partial charge in [-0.2, -0.15) is 0 Å². The number of ether oxygens (including phenoxy) is 1. The minimum atomic E-state index is -0.466. The van der Waals surface area contributed by atoms with Crippen LogP contribution in [0.1, 0.15) is 30.3 Å². The lowest BCUT2D eigenvalue weighted by Gasteiger charge is -2.11. The summed E-state index contributed by atoms with van der Waals surface area (Å²) >= 11 is 0. The van der Waals surface area contributed by atoms with Gasteiger partial charge in [-0.15, -0.1) is 0 Å². The van der Waals surface area contributed by atoms with Gasteiger partial charge in [-0.3, -0.25) is 0 Å². The summed E-state index contributed by atoms with van der Waals surface area (Å²) in [6.07, 6.45) is 5.26. The first-order valence-corrected chi connectivity index (χ1v) is 4.81. The van der Waals surface area contributed by atoms with Crippen LogP contribution in [0.5, 0.6) is 0 Å². The monoisotopic (exact) mass is 207 g/mol. The fourth-order valence-corrected chi connectivity index (χ4v) is 1.22. The predicted molar refractivity (Wildman–Crippen MR) is 54.6 cm³/mol. The van der Waals surface area contributed by atoms with Gasteiger partial charge in [-0.1, -0.05) is 0 Å². The molecule has 1 saturated carbocycles. The summed E-state index contributed by atoms with van der Waals surface area (Å²) in [7, 11) is 1.32. The van der Waals surface area contributed by atoms with Gasteiger partial charge in [0.05, 0.1) is 19.5 Å². The third-order valence-electron chi connectivity index (χ3n) is 2.48. The molecule has 80 valence electrons. The van der Waals surface area contributed by atoms with E-state index >= 15 is 0 Å². The van der Waals surface area contributed by atoms with E-state index in [1.165, 1.54) is 13.3 Å². The summed E-state index contributed by atoms with van der Waals surface area (Å²) in [4.78, 5) is 19.1. The van der Waals surface area contributed by atoms with E-state index in [-0.39, 0.29) is 11.2 Å². The Morgan fingerprint density at radius 1 is 1.47 bits per heavy atom. The second-order valence-electron chi connectivity index (χ2n) is 3.96. The predicted octanol–water partition coefficient (Wildman–Crippen LogP) is 1.23. The van der Waals surface area contributed by atoms with Crippen LogP contribution in [-0.4, -0.2) is 28.6 Å². The SMILES string of the molecule is COC(=O)c1cnc(NC2(C)CC2)cn1. The molecule has 5 heteroatoms. The number of carbonyl (C=O) groups excluding carboxylic acids is 1. The number of anilines is 1. The van der Waals surface area contributed by atoms with Crippen LogP contribution < -0.4 is 5.32 Å². The molecule has 0 atom stereocenters. The molecule has 0 saturated heterocycles. The number of hydrogen-bond acceptors (Lipinski definition) is 5. The fraction of sp³-hybridized carbons (Fsp3) is 0.500. The van der Waals surface area contributed by atoms with E-state index in [2.05, 4.69) is 26.9 Å². The molecule has 1 heterocycles. The highest BCUT2D eigenvalue weighted by molar-refractivity contribution is 5.86. The van der Waals surface area contributed by atoms with Gasteiger partial charge in [-0.05, 0) is 19.8 Å². The molecule has 0 spiro atoms. The van der Waals surface area contributed by atoms with E-state index in [1.807, 2.05) is 0 Å². The summed E-state index contributed by atoms with van der Waals surface area (Å²) in [6, 6.07) is 0. The second-order valence-corrected chi connectivity index (χ2v) is 3.96. The Bertz CT molecular complexity index is 371. The molecule has 1 N–H and O–H groups in total. The van der Waals surface area contributed by atoms with Crippen molar-refractivity contribution < 1.29 is 9.53 Å². The molecule has 15 heavy (non-hydrogen) atoms. The zero-order valence-electron chi connectivity index (χ0n) is 8.78. The molecule has 2 rings (SSSR count). The van der Waals surface area contributed by atoms with Gasteiger partial charge in [-0.25, -0.2) is 14.8 Å². The topological polar surface area (TPSA) is 64.1 Å². The van der Waals surface area contributed by atoms with Crippen LogP contribution in [-0.2, 0) is 4.74 Å². The molecule has 0 radical (unpaired) electrons. The maximum absolute atomic E-state index is 11.1. The zero-order chi connectivity index (χ0) is 10.9. The Morgan fingerprint density at radius 2 is 2.20 bits per heavy atom. The molecule has 0 aromatic carbocycles. The first-order valence-electron chi connectivity index (χ1n) is 4.81. The van der Waals surface area contributed by atoms with Crippen LogP contribution in [0.25, 0.3) is 0 Å². The number of methoxy groups -OCH3 is 1. The smallest absolute Gasteiger partial charge is 0.358 e. The molecule has 1 aromatic rings. The summed E-state index contributed by atoms with van der Waals surface area (Å²) < 4.78 is 4.53. The van der Waals surface area contributed by atoms with Crippen molar-refractivity contribution in [3.8, 4) is 0 Å². The summed E-state index contributed by atoms with van der Waals surface area (Å²) in [6.45, 7) is 2.13. The highest BCUT2D eigenvalue weighted by Gasteiger charge is 2.37. The number of hydrogen-bond donors (Lipinski definition) is 1. The molecule has 1 aliphatic carbocycles. The van der Waals surface area contributed by atoms with E-state index in [4.69, 9.17) is 0 Å². The van der Waals surface area contributed by atoms with Crippen molar-refractivity contribution in [3.05, 3.63) is 18.1 Å². The first kappa shape index (κ1) is 9.89. The van der Waals surface area contributed by atoms with Crippen LogP contribution in [0, 0.1) is 0 Å². The highest BCUT2D eigenvalue weighted by atomic mass is 16.5. The largest absolute Gasteiger partial charge is 0.464 e. The Kier molecular flexibility index (Phi) is 2.30. The minimum absolute atomic E-state index is 0.168. The van der Waals surface area contributed by atoms with Crippen LogP contribution in [0.15, 0.2) is 12.4 Å².